The molecule has 0 spiro atoms. The number of hydrogen-bond donors (Lipinski definition) is 1. The van der Waals surface area contributed by atoms with Crippen LogP contribution >= 0.6 is 0 Å². The molecule has 4 rings (SSSR count). The van der Waals surface area contributed by atoms with Gasteiger partial charge in [0.1, 0.15) is 17.1 Å². The number of halogens is 1. The van der Waals surface area contributed by atoms with Crippen LogP contribution in [0.25, 0.3) is 5.65 Å². The third-order valence-corrected chi connectivity index (χ3v) is 4.90. The highest BCUT2D eigenvalue weighted by Gasteiger charge is 2.37. The van der Waals surface area contributed by atoms with Gasteiger partial charge in [-0.1, -0.05) is 18.2 Å². The molecule has 0 amide bonds. The summed E-state index contributed by atoms with van der Waals surface area (Å²) < 4.78 is 15.2. The van der Waals surface area contributed by atoms with E-state index in [2.05, 4.69) is 27.3 Å². The maximum atomic E-state index is 13.1. The van der Waals surface area contributed by atoms with E-state index in [4.69, 9.17) is 0 Å². The molecule has 0 saturated carbocycles. The van der Waals surface area contributed by atoms with Crippen LogP contribution in [0.4, 0.5) is 4.39 Å². The first kappa shape index (κ1) is 15.3. The van der Waals surface area contributed by atoms with Crippen LogP contribution in [0, 0.1) is 12.7 Å². The zero-order valence-corrected chi connectivity index (χ0v) is 13.6. The molecule has 1 N–H and O–H groups in total. The van der Waals surface area contributed by atoms with Crippen LogP contribution in [0.1, 0.15) is 23.2 Å². The molecular weight excluding hydrogens is 305 g/mol. The van der Waals surface area contributed by atoms with E-state index in [0.717, 1.165) is 35.6 Å². The van der Waals surface area contributed by atoms with Crippen molar-refractivity contribution in [3.8, 4) is 0 Å². The number of pyridine rings is 1. The molecular formula is C19H20FN3O. The first-order chi connectivity index (χ1) is 11.5. The Kier molecular flexibility index (Phi) is 3.62. The molecule has 1 aromatic carbocycles. The second-order valence-electron chi connectivity index (χ2n) is 6.63. The highest BCUT2D eigenvalue weighted by Crippen LogP contribution is 2.32. The van der Waals surface area contributed by atoms with Crippen LogP contribution in [0.3, 0.4) is 0 Å². The monoisotopic (exact) mass is 325 g/mol. The average molecular weight is 325 g/mol. The molecule has 1 aliphatic heterocycles. The van der Waals surface area contributed by atoms with Gasteiger partial charge in [-0.25, -0.2) is 9.37 Å². The first-order valence-corrected chi connectivity index (χ1v) is 8.17. The quantitative estimate of drug-likeness (QED) is 0.805. The van der Waals surface area contributed by atoms with Gasteiger partial charge in [0.05, 0.1) is 11.9 Å². The third-order valence-electron chi connectivity index (χ3n) is 4.90. The van der Waals surface area contributed by atoms with E-state index in [1.807, 2.05) is 18.5 Å². The fourth-order valence-electron chi connectivity index (χ4n) is 3.55. The van der Waals surface area contributed by atoms with Gasteiger partial charge in [0, 0.05) is 25.8 Å². The average Bonchev–Trinajstić information content (AvgIpc) is 3.14. The highest BCUT2D eigenvalue weighted by molar-refractivity contribution is 5.48. The molecule has 1 fully saturated rings. The molecule has 24 heavy (non-hydrogen) atoms. The zero-order valence-electron chi connectivity index (χ0n) is 13.6. The van der Waals surface area contributed by atoms with Crippen molar-refractivity contribution in [1.29, 1.82) is 0 Å². The molecule has 5 heteroatoms. The number of aryl methyl sites for hydroxylation is 1. The third kappa shape index (κ3) is 2.60. The first-order valence-electron chi connectivity index (χ1n) is 8.17. The van der Waals surface area contributed by atoms with E-state index in [1.165, 1.54) is 12.1 Å². The van der Waals surface area contributed by atoms with Crippen molar-refractivity contribution in [2.24, 2.45) is 0 Å². The smallest absolute Gasteiger partial charge is 0.139 e. The summed E-state index contributed by atoms with van der Waals surface area (Å²) in [5, 5.41) is 10.9. The lowest BCUT2D eigenvalue weighted by Crippen LogP contribution is -2.30. The molecule has 1 atom stereocenters. The summed E-state index contributed by atoms with van der Waals surface area (Å²) in [6, 6.07) is 10.2. The number of β-amino-alcohol motifs (C(OH)–C–C–N with tert-alkyl or cyclic N) is 1. The summed E-state index contributed by atoms with van der Waals surface area (Å²) in [4.78, 5) is 6.71. The van der Waals surface area contributed by atoms with E-state index in [-0.39, 0.29) is 5.82 Å². The van der Waals surface area contributed by atoms with Crippen LogP contribution in [0.2, 0.25) is 0 Å². The Labute approximate surface area is 140 Å². The van der Waals surface area contributed by atoms with E-state index >= 15 is 0 Å². The number of aliphatic hydroxyl groups is 1. The molecule has 3 aromatic rings. The number of benzene rings is 1. The number of hydrogen-bond acceptors (Lipinski definition) is 3. The molecule has 1 saturated heterocycles. The second-order valence-corrected chi connectivity index (χ2v) is 6.63. The Balaban J connectivity index is 1.54. The van der Waals surface area contributed by atoms with E-state index < -0.39 is 5.60 Å². The van der Waals surface area contributed by atoms with Crippen molar-refractivity contribution in [3.63, 3.8) is 0 Å². The molecule has 4 nitrogen and oxygen atoms in total. The number of nitrogens with zero attached hydrogens (tertiary/aromatic N) is 3. The number of rotatable bonds is 3. The number of aromatic nitrogens is 2. The van der Waals surface area contributed by atoms with Crippen molar-refractivity contribution >= 4 is 5.65 Å². The Bertz CT molecular complexity index is 874. The Morgan fingerprint density at radius 1 is 1.25 bits per heavy atom. The number of fused-ring (bicyclic) bond motifs is 1. The Morgan fingerprint density at radius 3 is 2.83 bits per heavy atom. The predicted molar refractivity (Wildman–Crippen MR) is 90.1 cm³/mol. The van der Waals surface area contributed by atoms with Gasteiger partial charge >= 0.3 is 0 Å². The molecule has 0 radical (unpaired) electrons. The van der Waals surface area contributed by atoms with Crippen LogP contribution in [-0.2, 0) is 12.1 Å². The molecule has 1 unspecified atom stereocenters. The van der Waals surface area contributed by atoms with Crippen molar-refractivity contribution < 1.29 is 9.50 Å². The lowest BCUT2D eigenvalue weighted by Gasteiger charge is -2.24. The lowest BCUT2D eigenvalue weighted by molar-refractivity contribution is 0.0451. The topological polar surface area (TPSA) is 40.8 Å². The zero-order chi connectivity index (χ0) is 16.7. The summed E-state index contributed by atoms with van der Waals surface area (Å²) in [7, 11) is 0. The Hall–Kier alpha value is -2.24. The van der Waals surface area contributed by atoms with Gasteiger partial charge in [0.2, 0.25) is 0 Å². The van der Waals surface area contributed by atoms with Crippen LogP contribution in [0.5, 0.6) is 0 Å². The fourth-order valence-corrected chi connectivity index (χ4v) is 3.55. The largest absolute Gasteiger partial charge is 0.384 e. The maximum absolute atomic E-state index is 13.1. The van der Waals surface area contributed by atoms with Crippen LogP contribution < -0.4 is 0 Å². The van der Waals surface area contributed by atoms with Gasteiger partial charge in [-0.15, -0.1) is 0 Å². The number of imidazole rings is 1. The minimum absolute atomic E-state index is 0.279. The second kappa shape index (κ2) is 5.69. The normalized spacial score (nSPS) is 21.6. The lowest BCUT2D eigenvalue weighted by atomic mass is 9.93. The van der Waals surface area contributed by atoms with Crippen LogP contribution in [-0.4, -0.2) is 32.5 Å². The molecule has 3 heterocycles. The van der Waals surface area contributed by atoms with Crippen LogP contribution in [0.15, 0.2) is 48.8 Å². The summed E-state index contributed by atoms with van der Waals surface area (Å²) >= 11 is 0. The summed E-state index contributed by atoms with van der Waals surface area (Å²) in [6.07, 6.45) is 4.57. The van der Waals surface area contributed by atoms with Gasteiger partial charge in [-0.3, -0.25) is 4.90 Å². The van der Waals surface area contributed by atoms with Crippen molar-refractivity contribution in [3.05, 3.63) is 71.4 Å². The minimum Gasteiger partial charge on any atom is -0.384 e. The number of likely N-dealkylation sites (tertiary alicyclic amines) is 1. The minimum atomic E-state index is -0.913. The Morgan fingerprint density at radius 2 is 2.04 bits per heavy atom. The molecule has 1 aliphatic rings. The molecule has 0 bridgehead atoms. The van der Waals surface area contributed by atoms with Gasteiger partial charge in [0.25, 0.3) is 0 Å². The van der Waals surface area contributed by atoms with Crippen molar-refractivity contribution in [2.45, 2.75) is 25.5 Å². The van der Waals surface area contributed by atoms with Gasteiger partial charge in [0.15, 0.2) is 0 Å². The fraction of sp³-hybridized carbons (Fsp3) is 0.316. The van der Waals surface area contributed by atoms with Gasteiger partial charge in [-0.2, -0.15) is 0 Å². The predicted octanol–water partition coefficient (Wildman–Crippen LogP) is 2.88. The van der Waals surface area contributed by atoms with Crippen molar-refractivity contribution in [2.75, 3.05) is 13.1 Å². The maximum Gasteiger partial charge on any atom is 0.139 e. The standard InChI is InChI=1S/C19H20FN3O/c1-14-3-2-9-23-17(11-21-18(14)23)12-22-10-8-19(24,13-22)15-4-6-16(20)7-5-15/h2-7,9,11,24H,8,10,12-13H2,1H3. The van der Waals surface area contributed by atoms with Gasteiger partial charge < -0.3 is 9.51 Å². The summed E-state index contributed by atoms with van der Waals surface area (Å²) in [5.41, 5.74) is 3.09. The molecule has 2 aromatic heterocycles. The van der Waals surface area contributed by atoms with Crippen molar-refractivity contribution in [1.82, 2.24) is 14.3 Å². The van der Waals surface area contributed by atoms with Gasteiger partial charge in [-0.05, 0) is 42.7 Å². The van der Waals surface area contributed by atoms with E-state index in [9.17, 15) is 9.50 Å². The molecule has 124 valence electrons. The summed E-state index contributed by atoms with van der Waals surface area (Å²) in [5.74, 6) is -0.279. The molecule has 0 aliphatic carbocycles. The van der Waals surface area contributed by atoms with E-state index in [1.54, 1.807) is 12.1 Å². The van der Waals surface area contributed by atoms with E-state index in [0.29, 0.717) is 13.0 Å². The SMILES string of the molecule is Cc1cccn2c(CN3CCC(O)(c4ccc(F)cc4)C3)cnc12. The highest BCUT2D eigenvalue weighted by atomic mass is 19.1. The summed E-state index contributed by atoms with van der Waals surface area (Å²) in [6.45, 7) is 4.12.